The molecule has 0 aromatic carbocycles. The number of carboxylic acid groups (broad SMARTS) is 1. The lowest BCUT2D eigenvalue weighted by molar-refractivity contribution is -0.138. The summed E-state index contributed by atoms with van der Waals surface area (Å²) in [7, 11) is 0. The van der Waals surface area contributed by atoms with E-state index >= 15 is 0 Å². The highest BCUT2D eigenvalue weighted by atomic mass is 19.4. The molecule has 2 aromatic rings. The second-order valence-corrected chi connectivity index (χ2v) is 5.15. The summed E-state index contributed by atoms with van der Waals surface area (Å²) >= 11 is 0. The fraction of sp³-hybridized carbons (Fsp3) is 0.286. The lowest BCUT2D eigenvalue weighted by atomic mass is 10.1. The first-order valence-electron chi connectivity index (χ1n) is 6.64. The minimum absolute atomic E-state index is 0.0952. The number of nitrogens with zero attached hydrogens (tertiary/aromatic N) is 4. The minimum atomic E-state index is -4.55. The number of alkyl halides is 3. The number of aryl methyl sites for hydroxylation is 1. The first-order valence-corrected chi connectivity index (χ1v) is 6.64. The minimum Gasteiger partial charge on any atom is -0.480 e. The Kier molecular flexibility index (Phi) is 3.42. The van der Waals surface area contributed by atoms with Gasteiger partial charge in [-0.3, -0.25) is 4.90 Å². The van der Waals surface area contributed by atoms with Crippen LogP contribution in [-0.4, -0.2) is 32.1 Å². The molecule has 1 aliphatic rings. The van der Waals surface area contributed by atoms with Crippen molar-refractivity contribution in [3.8, 4) is 0 Å². The van der Waals surface area contributed by atoms with Crippen molar-refractivity contribution in [1.82, 2.24) is 15.0 Å². The molecule has 0 aliphatic carbocycles. The number of aromatic nitrogens is 3. The highest BCUT2D eigenvalue weighted by Crippen LogP contribution is 2.38. The molecule has 3 rings (SSSR count). The van der Waals surface area contributed by atoms with Crippen molar-refractivity contribution in [1.29, 1.82) is 0 Å². The Labute approximate surface area is 128 Å². The van der Waals surface area contributed by atoms with E-state index in [4.69, 9.17) is 0 Å². The first kappa shape index (κ1) is 15.2. The van der Waals surface area contributed by atoms with Gasteiger partial charge in [0.1, 0.15) is 24.0 Å². The SMILES string of the molecule is Cc1cc(C(F)(F)F)cc(N2c3ncncc3CC2C(=O)O)n1. The van der Waals surface area contributed by atoms with Gasteiger partial charge >= 0.3 is 12.1 Å². The van der Waals surface area contributed by atoms with E-state index in [2.05, 4.69) is 15.0 Å². The van der Waals surface area contributed by atoms with Crippen LogP contribution in [0.15, 0.2) is 24.7 Å². The molecule has 0 saturated heterocycles. The third-order valence-corrected chi connectivity index (χ3v) is 3.52. The van der Waals surface area contributed by atoms with Crippen molar-refractivity contribution in [3.63, 3.8) is 0 Å². The molecule has 23 heavy (non-hydrogen) atoms. The van der Waals surface area contributed by atoms with Crippen LogP contribution in [0.4, 0.5) is 24.8 Å². The van der Waals surface area contributed by atoms with E-state index in [1.165, 1.54) is 24.3 Å². The molecule has 1 atom stereocenters. The Morgan fingerprint density at radius 1 is 1.39 bits per heavy atom. The fourth-order valence-electron chi connectivity index (χ4n) is 2.56. The van der Waals surface area contributed by atoms with Gasteiger partial charge in [0, 0.05) is 23.9 Å². The quantitative estimate of drug-likeness (QED) is 0.913. The Hall–Kier alpha value is -2.71. The summed E-state index contributed by atoms with van der Waals surface area (Å²) in [5, 5.41) is 9.38. The topological polar surface area (TPSA) is 79.2 Å². The van der Waals surface area contributed by atoms with Crippen LogP contribution in [0.2, 0.25) is 0 Å². The van der Waals surface area contributed by atoms with E-state index < -0.39 is 23.8 Å². The Morgan fingerprint density at radius 2 is 2.13 bits per heavy atom. The van der Waals surface area contributed by atoms with Crippen LogP contribution in [0.25, 0.3) is 0 Å². The van der Waals surface area contributed by atoms with Crippen LogP contribution in [0.3, 0.4) is 0 Å². The summed E-state index contributed by atoms with van der Waals surface area (Å²) in [5.74, 6) is -0.999. The van der Waals surface area contributed by atoms with E-state index in [0.717, 1.165) is 12.1 Å². The lowest BCUT2D eigenvalue weighted by Crippen LogP contribution is -2.36. The molecule has 9 heteroatoms. The number of hydrogen-bond donors (Lipinski definition) is 1. The summed E-state index contributed by atoms with van der Waals surface area (Å²) in [4.78, 5) is 24.6. The van der Waals surface area contributed by atoms with Crippen molar-refractivity contribution >= 4 is 17.6 Å². The molecular weight excluding hydrogens is 313 g/mol. The van der Waals surface area contributed by atoms with Gasteiger partial charge in [-0.05, 0) is 19.1 Å². The van der Waals surface area contributed by atoms with Crippen molar-refractivity contribution < 1.29 is 23.1 Å². The molecule has 6 nitrogen and oxygen atoms in total. The monoisotopic (exact) mass is 324 g/mol. The predicted molar refractivity (Wildman–Crippen MR) is 73.3 cm³/mol. The van der Waals surface area contributed by atoms with E-state index in [1.54, 1.807) is 0 Å². The van der Waals surface area contributed by atoms with Gasteiger partial charge in [0.15, 0.2) is 0 Å². The van der Waals surface area contributed by atoms with Crippen LogP contribution in [-0.2, 0) is 17.4 Å². The number of carbonyl (C=O) groups is 1. The van der Waals surface area contributed by atoms with Crippen LogP contribution in [0, 0.1) is 6.92 Å². The van der Waals surface area contributed by atoms with E-state index in [0.29, 0.717) is 5.56 Å². The molecule has 0 amide bonds. The zero-order valence-electron chi connectivity index (χ0n) is 11.9. The predicted octanol–water partition coefficient (Wildman–Crippen LogP) is 2.35. The number of aliphatic carboxylic acids is 1. The highest BCUT2D eigenvalue weighted by Gasteiger charge is 2.39. The largest absolute Gasteiger partial charge is 0.480 e. The summed E-state index contributed by atoms with van der Waals surface area (Å²) in [6.07, 6.45) is -1.77. The molecule has 0 bridgehead atoms. The van der Waals surface area contributed by atoms with Gasteiger partial charge < -0.3 is 5.11 Å². The van der Waals surface area contributed by atoms with Gasteiger partial charge in [-0.2, -0.15) is 13.2 Å². The molecule has 0 fully saturated rings. The van der Waals surface area contributed by atoms with Gasteiger partial charge in [-0.15, -0.1) is 0 Å². The van der Waals surface area contributed by atoms with Crippen LogP contribution in [0.1, 0.15) is 16.8 Å². The van der Waals surface area contributed by atoms with Crippen LogP contribution in [0.5, 0.6) is 0 Å². The second kappa shape index (κ2) is 5.18. The molecule has 1 aliphatic heterocycles. The molecule has 2 aromatic heterocycles. The Morgan fingerprint density at radius 3 is 2.78 bits per heavy atom. The van der Waals surface area contributed by atoms with Crippen molar-refractivity contribution in [2.75, 3.05) is 4.90 Å². The third-order valence-electron chi connectivity index (χ3n) is 3.52. The van der Waals surface area contributed by atoms with Gasteiger partial charge in [0.25, 0.3) is 0 Å². The average Bonchev–Trinajstić information content (AvgIpc) is 2.85. The summed E-state index contributed by atoms with van der Waals surface area (Å²) in [5.41, 5.74) is -0.190. The van der Waals surface area contributed by atoms with Gasteiger partial charge in [0.05, 0.1) is 5.56 Å². The maximum atomic E-state index is 13.0. The van der Waals surface area contributed by atoms with Gasteiger partial charge in [0.2, 0.25) is 0 Å². The number of carboxylic acids is 1. The normalized spacial score (nSPS) is 17.2. The molecule has 3 heterocycles. The molecule has 0 radical (unpaired) electrons. The zero-order chi connectivity index (χ0) is 16.8. The number of pyridine rings is 1. The molecular formula is C14H11F3N4O2. The standard InChI is InChI=1S/C14H11F3N4O2/c1-7-2-9(14(15,16)17)4-11(20-7)21-10(13(22)23)3-8-5-18-6-19-12(8)21/h2,4-6,10H,3H2,1H3,(H,22,23). The number of halogens is 3. The summed E-state index contributed by atoms with van der Waals surface area (Å²) in [6.45, 7) is 1.42. The van der Waals surface area contributed by atoms with E-state index in [-0.39, 0.29) is 23.8 Å². The van der Waals surface area contributed by atoms with Crippen LogP contribution >= 0.6 is 0 Å². The Balaban J connectivity index is 2.15. The van der Waals surface area contributed by atoms with Crippen LogP contribution < -0.4 is 4.90 Å². The van der Waals surface area contributed by atoms with Crippen molar-refractivity contribution in [2.24, 2.45) is 0 Å². The zero-order valence-corrected chi connectivity index (χ0v) is 11.9. The van der Waals surface area contributed by atoms with E-state index in [1.807, 2.05) is 0 Å². The first-order chi connectivity index (χ1) is 10.8. The maximum Gasteiger partial charge on any atom is 0.416 e. The maximum absolute atomic E-state index is 13.0. The second-order valence-electron chi connectivity index (χ2n) is 5.15. The lowest BCUT2D eigenvalue weighted by Gasteiger charge is -2.23. The van der Waals surface area contributed by atoms with Crippen molar-refractivity contribution in [3.05, 3.63) is 41.5 Å². The number of anilines is 2. The molecule has 1 N–H and O–H groups in total. The summed E-state index contributed by atoms with van der Waals surface area (Å²) in [6, 6.07) is 0.674. The number of fused-ring (bicyclic) bond motifs is 1. The fourth-order valence-corrected chi connectivity index (χ4v) is 2.56. The number of rotatable bonds is 2. The molecule has 1 unspecified atom stereocenters. The Bertz CT molecular complexity index is 779. The third kappa shape index (κ3) is 2.69. The summed E-state index contributed by atoms with van der Waals surface area (Å²) < 4.78 is 39.0. The highest BCUT2D eigenvalue weighted by molar-refractivity contribution is 5.85. The smallest absolute Gasteiger partial charge is 0.416 e. The van der Waals surface area contributed by atoms with Crippen molar-refractivity contribution in [2.45, 2.75) is 25.6 Å². The average molecular weight is 324 g/mol. The molecule has 120 valence electrons. The van der Waals surface area contributed by atoms with Gasteiger partial charge in [-0.25, -0.2) is 19.7 Å². The van der Waals surface area contributed by atoms with Gasteiger partial charge in [-0.1, -0.05) is 0 Å². The number of hydrogen-bond acceptors (Lipinski definition) is 5. The molecule has 0 spiro atoms. The molecule has 0 saturated carbocycles. The van der Waals surface area contributed by atoms with E-state index in [9.17, 15) is 23.1 Å².